The van der Waals surface area contributed by atoms with Gasteiger partial charge in [-0.2, -0.15) is 4.98 Å². The average molecular weight is 187 g/mol. The summed E-state index contributed by atoms with van der Waals surface area (Å²) in [5.41, 5.74) is 0. The summed E-state index contributed by atoms with van der Waals surface area (Å²) in [4.78, 5) is 4.18. The van der Waals surface area contributed by atoms with Crippen LogP contribution in [0.5, 0.6) is 0 Å². The van der Waals surface area contributed by atoms with Crippen molar-refractivity contribution in [1.29, 1.82) is 0 Å². The summed E-state index contributed by atoms with van der Waals surface area (Å²) in [5, 5.41) is 3.67. The molecule has 12 heavy (non-hydrogen) atoms. The monoisotopic (exact) mass is 186 g/mol. The molecule has 4 heteroatoms. The Balaban J connectivity index is 2.02. The minimum absolute atomic E-state index is 0.176. The molecule has 0 N–H and O–H groups in total. The molecule has 0 saturated heterocycles. The van der Waals surface area contributed by atoms with Crippen LogP contribution in [0.1, 0.15) is 36.9 Å². The highest BCUT2D eigenvalue weighted by atomic mass is 35.5. The number of alkyl halides is 1. The Morgan fingerprint density at radius 2 is 2.42 bits per heavy atom. The standard InChI is InChI=1S/C8H11ClN2O/c1-5(9)8-10-7(11-12-8)4-6-2-3-6/h5-6H,2-4H2,1H3. The van der Waals surface area contributed by atoms with E-state index in [0.29, 0.717) is 5.89 Å². The molecule has 1 aliphatic rings. The summed E-state index contributed by atoms with van der Waals surface area (Å²) in [5.74, 6) is 2.13. The summed E-state index contributed by atoms with van der Waals surface area (Å²) >= 11 is 5.77. The highest BCUT2D eigenvalue weighted by Crippen LogP contribution is 2.32. The van der Waals surface area contributed by atoms with Crippen molar-refractivity contribution in [3.63, 3.8) is 0 Å². The lowest BCUT2D eigenvalue weighted by Crippen LogP contribution is -1.90. The first-order valence-corrected chi connectivity index (χ1v) is 4.66. The SMILES string of the molecule is CC(Cl)c1nc(CC2CC2)no1. The minimum atomic E-state index is -0.176. The van der Waals surface area contributed by atoms with Crippen molar-refractivity contribution in [3.05, 3.63) is 11.7 Å². The number of aromatic nitrogens is 2. The maximum Gasteiger partial charge on any atom is 0.244 e. The Morgan fingerprint density at radius 3 is 2.92 bits per heavy atom. The molecule has 0 bridgehead atoms. The van der Waals surface area contributed by atoms with E-state index in [4.69, 9.17) is 16.1 Å². The van der Waals surface area contributed by atoms with E-state index in [2.05, 4.69) is 10.1 Å². The van der Waals surface area contributed by atoms with Crippen LogP contribution < -0.4 is 0 Å². The summed E-state index contributed by atoms with van der Waals surface area (Å²) < 4.78 is 4.96. The molecular weight excluding hydrogens is 176 g/mol. The van der Waals surface area contributed by atoms with E-state index >= 15 is 0 Å². The zero-order valence-corrected chi connectivity index (χ0v) is 7.71. The summed E-state index contributed by atoms with van der Waals surface area (Å²) in [7, 11) is 0. The van der Waals surface area contributed by atoms with E-state index < -0.39 is 0 Å². The summed E-state index contributed by atoms with van der Waals surface area (Å²) in [6.45, 7) is 1.83. The Kier molecular flexibility index (Phi) is 2.05. The zero-order chi connectivity index (χ0) is 8.55. The van der Waals surface area contributed by atoms with Gasteiger partial charge in [-0.15, -0.1) is 11.6 Å². The highest BCUT2D eigenvalue weighted by molar-refractivity contribution is 6.20. The van der Waals surface area contributed by atoms with E-state index in [9.17, 15) is 0 Å². The molecule has 3 nitrogen and oxygen atoms in total. The third-order valence-electron chi connectivity index (χ3n) is 1.99. The third-order valence-corrected chi connectivity index (χ3v) is 2.18. The van der Waals surface area contributed by atoms with Crippen LogP contribution in [-0.4, -0.2) is 10.1 Å². The van der Waals surface area contributed by atoms with Gasteiger partial charge in [-0.25, -0.2) is 0 Å². The normalized spacial score (nSPS) is 19.5. The van der Waals surface area contributed by atoms with Crippen molar-refractivity contribution in [1.82, 2.24) is 10.1 Å². The van der Waals surface area contributed by atoms with E-state index in [0.717, 1.165) is 18.2 Å². The second-order valence-electron chi connectivity index (χ2n) is 3.31. The van der Waals surface area contributed by atoms with E-state index in [1.54, 1.807) is 0 Å². The maximum absolute atomic E-state index is 5.77. The molecule has 0 amide bonds. The molecule has 0 aromatic carbocycles. The predicted octanol–water partition coefficient (Wildman–Crippen LogP) is 2.32. The lowest BCUT2D eigenvalue weighted by molar-refractivity contribution is 0.373. The van der Waals surface area contributed by atoms with Crippen LogP contribution in [0.2, 0.25) is 0 Å². The van der Waals surface area contributed by atoms with Gasteiger partial charge < -0.3 is 4.52 Å². The van der Waals surface area contributed by atoms with Crippen LogP contribution in [0.4, 0.5) is 0 Å². The lowest BCUT2D eigenvalue weighted by atomic mass is 10.3. The van der Waals surface area contributed by atoms with Gasteiger partial charge in [0.1, 0.15) is 5.38 Å². The Morgan fingerprint density at radius 1 is 1.67 bits per heavy atom. The second-order valence-corrected chi connectivity index (χ2v) is 3.97. The molecule has 1 fully saturated rings. The van der Waals surface area contributed by atoms with Crippen LogP contribution in [0.25, 0.3) is 0 Å². The van der Waals surface area contributed by atoms with Gasteiger partial charge in [-0.1, -0.05) is 5.16 Å². The fraction of sp³-hybridized carbons (Fsp3) is 0.750. The molecule has 66 valence electrons. The molecule has 2 rings (SSSR count). The number of halogens is 1. The van der Waals surface area contributed by atoms with Gasteiger partial charge in [0.15, 0.2) is 5.82 Å². The van der Waals surface area contributed by atoms with Crippen molar-refractivity contribution in [2.45, 2.75) is 31.6 Å². The van der Waals surface area contributed by atoms with Gasteiger partial charge in [0.2, 0.25) is 5.89 Å². The largest absolute Gasteiger partial charge is 0.338 e. The Labute approximate surface area is 76.1 Å². The van der Waals surface area contributed by atoms with Crippen LogP contribution >= 0.6 is 11.6 Å². The molecule has 1 heterocycles. The minimum Gasteiger partial charge on any atom is -0.338 e. The van der Waals surface area contributed by atoms with Crippen molar-refractivity contribution >= 4 is 11.6 Å². The number of nitrogens with zero attached hydrogens (tertiary/aromatic N) is 2. The van der Waals surface area contributed by atoms with Gasteiger partial charge in [-0.3, -0.25) is 0 Å². The average Bonchev–Trinajstić information content (AvgIpc) is 2.66. The Bertz CT molecular complexity index is 268. The van der Waals surface area contributed by atoms with Gasteiger partial charge in [0, 0.05) is 6.42 Å². The fourth-order valence-electron chi connectivity index (χ4n) is 1.09. The van der Waals surface area contributed by atoms with Crippen LogP contribution in [-0.2, 0) is 6.42 Å². The van der Waals surface area contributed by atoms with Crippen molar-refractivity contribution in [3.8, 4) is 0 Å². The first-order chi connectivity index (χ1) is 5.75. The second kappa shape index (κ2) is 3.05. The number of hydrogen-bond acceptors (Lipinski definition) is 3. The van der Waals surface area contributed by atoms with Crippen LogP contribution in [0, 0.1) is 5.92 Å². The summed E-state index contributed by atoms with van der Waals surface area (Å²) in [6, 6.07) is 0. The number of hydrogen-bond donors (Lipinski definition) is 0. The zero-order valence-electron chi connectivity index (χ0n) is 6.96. The number of rotatable bonds is 3. The molecule has 1 unspecified atom stereocenters. The summed E-state index contributed by atoms with van der Waals surface area (Å²) in [6.07, 6.45) is 3.56. The molecule has 1 aromatic heterocycles. The van der Waals surface area contributed by atoms with E-state index in [1.165, 1.54) is 12.8 Å². The van der Waals surface area contributed by atoms with E-state index in [1.807, 2.05) is 6.92 Å². The molecule has 1 aromatic rings. The fourth-order valence-corrected chi connectivity index (χ4v) is 1.18. The van der Waals surface area contributed by atoms with Crippen molar-refractivity contribution in [2.24, 2.45) is 5.92 Å². The van der Waals surface area contributed by atoms with Crippen molar-refractivity contribution < 1.29 is 4.52 Å². The van der Waals surface area contributed by atoms with Gasteiger partial charge in [0.05, 0.1) is 0 Å². The van der Waals surface area contributed by atoms with Gasteiger partial charge in [-0.05, 0) is 25.7 Å². The predicted molar refractivity (Wildman–Crippen MR) is 45.0 cm³/mol. The first kappa shape index (κ1) is 8.05. The molecule has 0 radical (unpaired) electrons. The molecule has 1 aliphatic carbocycles. The van der Waals surface area contributed by atoms with Gasteiger partial charge >= 0.3 is 0 Å². The first-order valence-electron chi connectivity index (χ1n) is 4.22. The highest BCUT2D eigenvalue weighted by Gasteiger charge is 2.24. The maximum atomic E-state index is 5.77. The smallest absolute Gasteiger partial charge is 0.244 e. The lowest BCUT2D eigenvalue weighted by Gasteiger charge is -1.89. The van der Waals surface area contributed by atoms with Crippen molar-refractivity contribution in [2.75, 3.05) is 0 Å². The molecule has 1 atom stereocenters. The quantitative estimate of drug-likeness (QED) is 0.681. The molecule has 0 aliphatic heterocycles. The third kappa shape index (κ3) is 1.78. The van der Waals surface area contributed by atoms with Gasteiger partial charge in [0.25, 0.3) is 0 Å². The molecular formula is C8H11ClN2O. The molecule has 0 spiro atoms. The van der Waals surface area contributed by atoms with Crippen LogP contribution in [0.15, 0.2) is 4.52 Å². The molecule has 1 saturated carbocycles. The Hall–Kier alpha value is -0.570. The van der Waals surface area contributed by atoms with Crippen LogP contribution in [0.3, 0.4) is 0 Å². The topological polar surface area (TPSA) is 38.9 Å². The van der Waals surface area contributed by atoms with E-state index in [-0.39, 0.29) is 5.38 Å².